The number of carbonyl (C=O) groups excluding carboxylic acids is 1. The molecule has 1 N–H and O–H groups in total. The number of morpholine rings is 1. The number of hydrogen-bond acceptors (Lipinski definition) is 7. The first-order valence-electron chi connectivity index (χ1n) is 14.3. The zero-order valence-corrected chi connectivity index (χ0v) is 25.9. The average Bonchev–Trinajstić information content (AvgIpc) is 3.36. The van der Waals surface area contributed by atoms with Crippen LogP contribution < -0.4 is 5.32 Å². The Bertz CT molecular complexity index is 1470. The molecule has 8 nitrogen and oxygen atoms in total. The van der Waals surface area contributed by atoms with Gasteiger partial charge in [-0.05, 0) is 69.8 Å². The van der Waals surface area contributed by atoms with Gasteiger partial charge in [-0.2, -0.15) is 4.31 Å². The van der Waals surface area contributed by atoms with E-state index >= 15 is 0 Å². The van der Waals surface area contributed by atoms with Crippen molar-refractivity contribution < 1.29 is 17.9 Å². The predicted octanol–water partition coefficient (Wildman–Crippen LogP) is 5.34. The highest BCUT2D eigenvalue weighted by molar-refractivity contribution is 7.89. The molecule has 220 valence electrons. The monoisotopic (exact) mass is 596 g/mol. The highest BCUT2D eigenvalue weighted by Crippen LogP contribution is 2.35. The molecule has 2 aliphatic heterocycles. The molecule has 0 aliphatic carbocycles. The molecule has 2 aromatic carbocycles. The number of sulfonamides is 1. The van der Waals surface area contributed by atoms with Crippen molar-refractivity contribution in [2.75, 3.05) is 38.1 Å². The Morgan fingerprint density at radius 2 is 1.95 bits per heavy atom. The van der Waals surface area contributed by atoms with Crippen LogP contribution in [0.25, 0.3) is 11.3 Å². The highest BCUT2D eigenvalue weighted by Gasteiger charge is 2.47. The van der Waals surface area contributed by atoms with Crippen LogP contribution in [0.2, 0.25) is 0 Å². The molecule has 1 amide bonds. The van der Waals surface area contributed by atoms with E-state index in [1.54, 1.807) is 27.8 Å². The molecular formula is C31H40N4O4S2. The van der Waals surface area contributed by atoms with Gasteiger partial charge in [0.25, 0.3) is 0 Å². The van der Waals surface area contributed by atoms with E-state index in [9.17, 15) is 13.2 Å². The van der Waals surface area contributed by atoms with Crippen molar-refractivity contribution in [1.29, 1.82) is 0 Å². The quantitative estimate of drug-likeness (QED) is 0.378. The number of likely N-dealkylation sites (tertiary alicyclic amines) is 1. The van der Waals surface area contributed by atoms with Crippen LogP contribution in [0.4, 0.5) is 5.69 Å². The summed E-state index contributed by atoms with van der Waals surface area (Å²) in [5.74, 6) is 0.226. The van der Waals surface area contributed by atoms with E-state index in [1.807, 2.05) is 55.6 Å². The number of carbonyl (C=O) groups is 1. The number of ether oxygens (including phenoxy) is 1. The molecule has 0 radical (unpaired) electrons. The van der Waals surface area contributed by atoms with Crippen molar-refractivity contribution in [3.05, 3.63) is 64.5 Å². The first-order chi connectivity index (χ1) is 19.5. The SMILES string of the molecule is Cc1ccc(S(=O)(=O)N2CC3(CCCN(CC(=O)Nc4cccc(-c5csc(C)n5)c4)C3)OC[C@@H]2CC(C)C)cc1. The smallest absolute Gasteiger partial charge is 0.243 e. The van der Waals surface area contributed by atoms with E-state index in [4.69, 9.17) is 4.74 Å². The van der Waals surface area contributed by atoms with Crippen molar-refractivity contribution in [2.24, 2.45) is 5.92 Å². The molecule has 5 rings (SSSR count). The van der Waals surface area contributed by atoms with Crippen LogP contribution in [0.3, 0.4) is 0 Å². The zero-order valence-electron chi connectivity index (χ0n) is 24.3. The number of benzene rings is 2. The first kappa shape index (κ1) is 29.8. The Balaban J connectivity index is 1.28. The van der Waals surface area contributed by atoms with E-state index in [-0.39, 0.29) is 25.0 Å². The van der Waals surface area contributed by atoms with E-state index in [0.717, 1.165) is 53.3 Å². The van der Waals surface area contributed by atoms with Crippen molar-refractivity contribution in [2.45, 2.75) is 63.5 Å². The molecule has 1 aromatic heterocycles. The van der Waals surface area contributed by atoms with Gasteiger partial charge in [0.1, 0.15) is 0 Å². The number of aromatic nitrogens is 1. The van der Waals surface area contributed by atoms with Crippen molar-refractivity contribution in [3.8, 4) is 11.3 Å². The van der Waals surface area contributed by atoms with Crippen LogP contribution in [-0.2, 0) is 19.6 Å². The van der Waals surface area contributed by atoms with Crippen molar-refractivity contribution in [3.63, 3.8) is 0 Å². The Morgan fingerprint density at radius 3 is 2.66 bits per heavy atom. The number of piperidine rings is 1. The summed E-state index contributed by atoms with van der Waals surface area (Å²) >= 11 is 1.60. The van der Waals surface area contributed by atoms with Gasteiger partial charge in [-0.15, -0.1) is 11.3 Å². The molecular weight excluding hydrogens is 556 g/mol. The Morgan fingerprint density at radius 1 is 1.17 bits per heavy atom. The van der Waals surface area contributed by atoms with Crippen LogP contribution in [0, 0.1) is 19.8 Å². The third-order valence-corrected chi connectivity index (χ3v) is 10.5. The minimum absolute atomic E-state index is 0.105. The number of rotatable bonds is 8. The maximum absolute atomic E-state index is 13.9. The summed E-state index contributed by atoms with van der Waals surface area (Å²) < 4.78 is 36.0. The van der Waals surface area contributed by atoms with Gasteiger partial charge < -0.3 is 10.1 Å². The van der Waals surface area contributed by atoms with Gasteiger partial charge in [0, 0.05) is 35.8 Å². The third kappa shape index (κ3) is 7.06. The van der Waals surface area contributed by atoms with Crippen LogP contribution in [0.1, 0.15) is 43.7 Å². The Kier molecular flexibility index (Phi) is 8.96. The number of nitrogens with one attached hydrogen (secondary N) is 1. The van der Waals surface area contributed by atoms with E-state index in [1.165, 1.54) is 0 Å². The Hall–Kier alpha value is -2.63. The molecule has 3 aromatic rings. The number of aryl methyl sites for hydroxylation is 2. The third-order valence-electron chi connectivity index (χ3n) is 7.85. The number of nitrogens with zero attached hydrogens (tertiary/aromatic N) is 3. The summed E-state index contributed by atoms with van der Waals surface area (Å²) in [6.45, 7) is 10.3. The lowest BCUT2D eigenvalue weighted by Crippen LogP contribution is -2.64. The van der Waals surface area contributed by atoms with Gasteiger partial charge in [-0.25, -0.2) is 13.4 Å². The lowest BCUT2D eigenvalue weighted by molar-refractivity contribution is -0.146. The van der Waals surface area contributed by atoms with Crippen LogP contribution >= 0.6 is 11.3 Å². The second-order valence-corrected chi connectivity index (χ2v) is 14.8. The topological polar surface area (TPSA) is 91.8 Å². The van der Waals surface area contributed by atoms with Gasteiger partial charge in [0.15, 0.2) is 0 Å². The van der Waals surface area contributed by atoms with Gasteiger partial charge in [-0.3, -0.25) is 9.69 Å². The second-order valence-electron chi connectivity index (χ2n) is 11.8. The van der Waals surface area contributed by atoms with Crippen LogP contribution in [0.5, 0.6) is 0 Å². The largest absolute Gasteiger partial charge is 0.371 e. The summed E-state index contributed by atoms with van der Waals surface area (Å²) in [6.07, 6.45) is 2.32. The molecule has 0 saturated carbocycles. The molecule has 0 bridgehead atoms. The van der Waals surface area contributed by atoms with Crippen molar-refractivity contribution >= 4 is 33.0 Å². The zero-order chi connectivity index (χ0) is 29.2. The molecule has 1 unspecified atom stereocenters. The van der Waals surface area contributed by atoms with E-state index in [0.29, 0.717) is 24.0 Å². The number of anilines is 1. The maximum atomic E-state index is 13.9. The van der Waals surface area contributed by atoms with Gasteiger partial charge in [-0.1, -0.05) is 43.7 Å². The highest BCUT2D eigenvalue weighted by atomic mass is 32.2. The molecule has 2 saturated heterocycles. The minimum Gasteiger partial charge on any atom is -0.371 e. The van der Waals surface area contributed by atoms with E-state index < -0.39 is 15.6 Å². The normalized spacial score (nSPS) is 22.3. The van der Waals surface area contributed by atoms with Crippen LogP contribution in [0.15, 0.2) is 58.8 Å². The summed E-state index contributed by atoms with van der Waals surface area (Å²) in [4.78, 5) is 20.1. The molecule has 10 heteroatoms. The fourth-order valence-corrected chi connectivity index (χ4v) is 8.22. The number of thiazole rings is 1. The summed E-state index contributed by atoms with van der Waals surface area (Å²) in [6, 6.07) is 14.6. The molecule has 3 heterocycles. The Labute approximate surface area is 247 Å². The van der Waals surface area contributed by atoms with Gasteiger partial charge >= 0.3 is 0 Å². The molecule has 2 fully saturated rings. The number of hydrogen-bond donors (Lipinski definition) is 1. The lowest BCUT2D eigenvalue weighted by Gasteiger charge is -2.50. The molecule has 2 atom stereocenters. The van der Waals surface area contributed by atoms with E-state index in [2.05, 4.69) is 29.0 Å². The van der Waals surface area contributed by atoms with Gasteiger partial charge in [0.05, 0.1) is 34.3 Å². The number of amides is 1. The van der Waals surface area contributed by atoms with Gasteiger partial charge in [0.2, 0.25) is 15.9 Å². The molecule has 1 spiro atoms. The lowest BCUT2D eigenvalue weighted by atomic mass is 9.89. The fraction of sp³-hybridized carbons (Fsp3) is 0.484. The summed E-state index contributed by atoms with van der Waals surface area (Å²) in [5.41, 5.74) is 2.96. The van der Waals surface area contributed by atoms with Crippen LogP contribution in [-0.4, -0.2) is 72.9 Å². The molecule has 41 heavy (non-hydrogen) atoms. The second kappa shape index (κ2) is 12.3. The van der Waals surface area contributed by atoms with Crippen molar-refractivity contribution in [1.82, 2.24) is 14.2 Å². The standard InChI is InChI=1S/C31H40N4O4S2/c1-22(2)15-27-18-39-31(21-35(27)41(37,38)28-11-9-23(3)10-12-28)13-6-14-34(20-31)17-30(36)33-26-8-5-7-25(16-26)29-19-40-24(4)32-29/h5,7-12,16,19,22,27H,6,13-15,17-18,20-21H2,1-4H3,(H,33,36)/t27-,31?/m0/s1. The molecule has 2 aliphatic rings. The summed E-state index contributed by atoms with van der Waals surface area (Å²) in [7, 11) is -3.70. The fourth-order valence-electron chi connectivity index (χ4n) is 5.90. The maximum Gasteiger partial charge on any atom is 0.243 e. The summed E-state index contributed by atoms with van der Waals surface area (Å²) in [5, 5.41) is 6.05. The average molecular weight is 597 g/mol. The minimum atomic E-state index is -3.70. The predicted molar refractivity (Wildman–Crippen MR) is 164 cm³/mol. The first-order valence-corrected chi connectivity index (χ1v) is 16.6.